The molecule has 2 aromatic heterocycles. The van der Waals surface area contributed by atoms with Crippen LogP contribution in [0.2, 0.25) is 0 Å². The van der Waals surface area contributed by atoms with Crippen LogP contribution in [0, 0.1) is 6.92 Å². The number of H-pyrrole nitrogens is 1. The Hall–Kier alpha value is -3.12. The molecule has 1 aliphatic rings. The summed E-state index contributed by atoms with van der Waals surface area (Å²) in [5.41, 5.74) is 5.31. The minimum absolute atomic E-state index is 0.0561. The van der Waals surface area contributed by atoms with Crippen LogP contribution in [0.15, 0.2) is 64.8 Å². The molecule has 1 N–H and O–H groups in total. The number of hydrogen-bond acceptors (Lipinski definition) is 5. The van der Waals surface area contributed by atoms with E-state index in [1.807, 2.05) is 17.5 Å². The quantitative estimate of drug-likeness (QED) is 0.556. The lowest BCUT2D eigenvalue weighted by Crippen LogP contribution is -2.47. The summed E-state index contributed by atoms with van der Waals surface area (Å²) < 4.78 is 0.688. The van der Waals surface area contributed by atoms with Gasteiger partial charge in [-0.25, -0.2) is 4.98 Å². The number of nitrogens with zero attached hydrogens (tertiary/aromatic N) is 3. The lowest BCUT2D eigenvalue weighted by Gasteiger charge is -2.36. The summed E-state index contributed by atoms with van der Waals surface area (Å²) in [5, 5.41) is 2.04. The molecule has 6 heteroatoms. The zero-order valence-electron chi connectivity index (χ0n) is 16.3. The average Bonchev–Trinajstić information content (AvgIpc) is 3.19. The number of thiophene rings is 1. The zero-order chi connectivity index (χ0) is 19.8. The predicted molar refractivity (Wildman–Crippen MR) is 121 cm³/mol. The fraction of sp³-hybridized carbons (Fsp3) is 0.217. The molecular weight excluding hydrogens is 380 g/mol. The number of nitrogens with one attached hydrogen (secondary N) is 1. The minimum atomic E-state index is -0.0561. The number of aromatic nitrogens is 2. The first kappa shape index (κ1) is 17.9. The summed E-state index contributed by atoms with van der Waals surface area (Å²) in [5.74, 6) is 0.669. The molecule has 29 heavy (non-hydrogen) atoms. The van der Waals surface area contributed by atoms with E-state index in [9.17, 15) is 4.79 Å². The number of aryl methyl sites for hydroxylation is 1. The van der Waals surface area contributed by atoms with Gasteiger partial charge >= 0.3 is 0 Å². The van der Waals surface area contributed by atoms with Crippen LogP contribution in [0.1, 0.15) is 5.56 Å². The Bertz CT molecular complexity index is 1210. The maximum absolute atomic E-state index is 12.7. The second kappa shape index (κ2) is 7.37. The van der Waals surface area contributed by atoms with Crippen molar-refractivity contribution in [3.8, 4) is 11.1 Å². The van der Waals surface area contributed by atoms with Crippen molar-refractivity contribution in [1.82, 2.24) is 9.97 Å². The summed E-state index contributed by atoms with van der Waals surface area (Å²) in [6.45, 7) is 5.54. The smallest absolute Gasteiger partial charge is 0.270 e. The van der Waals surface area contributed by atoms with Gasteiger partial charge < -0.3 is 9.80 Å². The highest BCUT2D eigenvalue weighted by Crippen LogP contribution is 2.32. The van der Waals surface area contributed by atoms with Gasteiger partial charge in [0.05, 0.1) is 5.52 Å². The first-order valence-corrected chi connectivity index (χ1v) is 10.7. The van der Waals surface area contributed by atoms with E-state index < -0.39 is 0 Å². The molecule has 0 aliphatic carbocycles. The molecule has 1 fully saturated rings. The Morgan fingerprint density at radius 2 is 1.72 bits per heavy atom. The highest BCUT2D eigenvalue weighted by molar-refractivity contribution is 7.17. The molecule has 2 aromatic carbocycles. The van der Waals surface area contributed by atoms with Gasteiger partial charge in [0.25, 0.3) is 5.56 Å². The zero-order valence-corrected chi connectivity index (χ0v) is 17.1. The van der Waals surface area contributed by atoms with Crippen molar-refractivity contribution < 1.29 is 0 Å². The highest BCUT2D eigenvalue weighted by atomic mass is 32.1. The Kier molecular flexibility index (Phi) is 4.56. The molecule has 3 heterocycles. The second-order valence-corrected chi connectivity index (χ2v) is 8.28. The number of hydrogen-bond donors (Lipinski definition) is 1. The van der Waals surface area contributed by atoms with E-state index in [0.29, 0.717) is 10.6 Å². The van der Waals surface area contributed by atoms with E-state index >= 15 is 0 Å². The Morgan fingerprint density at radius 1 is 0.966 bits per heavy atom. The Morgan fingerprint density at radius 3 is 2.48 bits per heavy atom. The first-order valence-electron chi connectivity index (χ1n) is 9.82. The van der Waals surface area contributed by atoms with Crippen molar-refractivity contribution in [2.75, 3.05) is 36.0 Å². The second-order valence-electron chi connectivity index (χ2n) is 7.40. The number of aromatic amines is 1. The van der Waals surface area contributed by atoms with E-state index in [-0.39, 0.29) is 5.56 Å². The van der Waals surface area contributed by atoms with E-state index in [1.54, 1.807) is 0 Å². The maximum atomic E-state index is 12.7. The molecule has 1 aliphatic heterocycles. The molecule has 0 atom stereocenters. The van der Waals surface area contributed by atoms with Crippen LogP contribution in [0.5, 0.6) is 0 Å². The van der Waals surface area contributed by atoms with Gasteiger partial charge in [0.15, 0.2) is 0 Å². The molecule has 0 bridgehead atoms. The normalized spacial score (nSPS) is 14.5. The SMILES string of the molecule is Cc1cccc(-c2csc3c(=O)[nH]c(N4CCN(c5ccccc5)CC4)nc23)c1. The van der Waals surface area contributed by atoms with Gasteiger partial charge in [-0.15, -0.1) is 11.3 Å². The molecule has 5 nitrogen and oxygen atoms in total. The van der Waals surface area contributed by atoms with E-state index in [1.165, 1.54) is 22.6 Å². The maximum Gasteiger partial charge on any atom is 0.270 e. The number of piperazine rings is 1. The standard InChI is InChI=1S/C23H22N4OS/c1-16-6-5-7-17(14-16)19-15-29-21-20(19)24-23(25-22(21)28)27-12-10-26(11-13-27)18-8-3-2-4-9-18/h2-9,14-15H,10-13H2,1H3,(H,24,25,28). The van der Waals surface area contributed by atoms with Crippen LogP contribution < -0.4 is 15.4 Å². The highest BCUT2D eigenvalue weighted by Gasteiger charge is 2.21. The van der Waals surface area contributed by atoms with E-state index in [0.717, 1.165) is 42.8 Å². The summed E-state index contributed by atoms with van der Waals surface area (Å²) >= 11 is 1.46. The largest absolute Gasteiger partial charge is 0.368 e. The molecule has 0 radical (unpaired) electrons. The van der Waals surface area contributed by atoms with E-state index in [2.05, 4.69) is 64.2 Å². The first-order chi connectivity index (χ1) is 14.2. The molecule has 146 valence electrons. The number of benzene rings is 2. The average molecular weight is 403 g/mol. The third-order valence-electron chi connectivity index (χ3n) is 5.44. The molecule has 0 saturated carbocycles. The molecule has 0 unspecified atom stereocenters. The van der Waals surface area contributed by atoms with Gasteiger partial charge in [0.1, 0.15) is 4.70 Å². The molecule has 4 aromatic rings. The van der Waals surface area contributed by atoms with Gasteiger partial charge in [-0.3, -0.25) is 9.78 Å². The van der Waals surface area contributed by atoms with Crippen LogP contribution >= 0.6 is 11.3 Å². The fourth-order valence-corrected chi connectivity index (χ4v) is 4.81. The topological polar surface area (TPSA) is 52.2 Å². The lowest BCUT2D eigenvalue weighted by molar-refractivity contribution is 0.640. The monoisotopic (exact) mass is 402 g/mol. The third-order valence-corrected chi connectivity index (χ3v) is 6.41. The minimum Gasteiger partial charge on any atom is -0.368 e. The van der Waals surface area contributed by atoms with Crippen molar-refractivity contribution in [2.45, 2.75) is 6.92 Å². The van der Waals surface area contributed by atoms with Gasteiger partial charge in [-0.1, -0.05) is 48.0 Å². The molecule has 5 rings (SSSR count). The van der Waals surface area contributed by atoms with Crippen LogP contribution in [-0.2, 0) is 0 Å². The van der Waals surface area contributed by atoms with Crippen LogP contribution in [-0.4, -0.2) is 36.1 Å². The van der Waals surface area contributed by atoms with Gasteiger partial charge in [0.2, 0.25) is 5.95 Å². The molecule has 1 saturated heterocycles. The number of para-hydroxylation sites is 1. The van der Waals surface area contributed by atoms with Crippen molar-refractivity contribution in [3.63, 3.8) is 0 Å². The fourth-order valence-electron chi connectivity index (χ4n) is 3.90. The number of anilines is 2. The summed E-state index contributed by atoms with van der Waals surface area (Å²) in [7, 11) is 0. The van der Waals surface area contributed by atoms with E-state index in [4.69, 9.17) is 4.98 Å². The molecular formula is C23H22N4OS. The third kappa shape index (κ3) is 3.40. The summed E-state index contributed by atoms with van der Waals surface area (Å²) in [6.07, 6.45) is 0. The Balaban J connectivity index is 1.46. The van der Waals surface area contributed by atoms with Crippen molar-refractivity contribution in [1.29, 1.82) is 0 Å². The predicted octanol–water partition coefficient (Wildman–Crippen LogP) is 4.29. The lowest BCUT2D eigenvalue weighted by atomic mass is 10.1. The Labute approximate surface area is 173 Å². The van der Waals surface area contributed by atoms with Crippen molar-refractivity contribution in [2.24, 2.45) is 0 Å². The van der Waals surface area contributed by atoms with Crippen molar-refractivity contribution >= 4 is 33.2 Å². The van der Waals surface area contributed by atoms with Crippen LogP contribution in [0.3, 0.4) is 0 Å². The molecule has 0 amide bonds. The summed E-state index contributed by atoms with van der Waals surface area (Å²) in [6, 6.07) is 18.8. The van der Waals surface area contributed by atoms with Crippen LogP contribution in [0.25, 0.3) is 21.3 Å². The number of fused-ring (bicyclic) bond motifs is 1. The number of rotatable bonds is 3. The van der Waals surface area contributed by atoms with Gasteiger partial charge in [-0.05, 0) is 24.6 Å². The summed E-state index contributed by atoms with van der Waals surface area (Å²) in [4.78, 5) is 25.2. The van der Waals surface area contributed by atoms with Crippen molar-refractivity contribution in [3.05, 3.63) is 75.9 Å². The molecule has 0 spiro atoms. The van der Waals surface area contributed by atoms with Crippen LogP contribution in [0.4, 0.5) is 11.6 Å². The van der Waals surface area contributed by atoms with Gasteiger partial charge in [-0.2, -0.15) is 0 Å². The van der Waals surface area contributed by atoms with Gasteiger partial charge in [0, 0.05) is 42.8 Å².